The molecule has 3 aromatic carbocycles. The minimum absolute atomic E-state index is 0.0669. The van der Waals surface area contributed by atoms with Gasteiger partial charge < -0.3 is 20.4 Å². The molecular weight excluding hydrogens is 517 g/mol. The van der Waals surface area contributed by atoms with Gasteiger partial charge in [-0.05, 0) is 79.7 Å². The number of nitrogens with zero attached hydrogens (tertiary/aromatic N) is 4. The summed E-state index contributed by atoms with van der Waals surface area (Å²) in [6, 6.07) is 17.8. The van der Waals surface area contributed by atoms with Crippen molar-refractivity contribution in [2.45, 2.75) is 13.1 Å². The van der Waals surface area contributed by atoms with E-state index >= 15 is 0 Å². The molecule has 1 aromatic heterocycles. The Hall–Kier alpha value is -4.44. The molecule has 1 aliphatic heterocycles. The van der Waals surface area contributed by atoms with E-state index in [9.17, 15) is 18.0 Å². The van der Waals surface area contributed by atoms with Crippen LogP contribution < -0.4 is 15.5 Å². The van der Waals surface area contributed by atoms with Gasteiger partial charge in [0.1, 0.15) is 0 Å². The number of piperazine rings is 1. The number of carbonyl (C=O) groups is 1. The number of aryl methyl sites for hydroxylation is 1. The number of rotatable bonds is 6. The number of nitrogens with one attached hydrogen (secondary N) is 2. The highest BCUT2D eigenvalue weighted by Gasteiger charge is 2.30. The number of hydrogen-bond donors (Lipinski definition) is 2. The number of carbonyl (C=O) groups excluding carboxylic acids is 1. The Morgan fingerprint density at radius 1 is 0.875 bits per heavy atom. The fourth-order valence-corrected chi connectivity index (χ4v) is 4.53. The van der Waals surface area contributed by atoms with Gasteiger partial charge in [0.2, 0.25) is 5.95 Å². The van der Waals surface area contributed by atoms with Crippen molar-refractivity contribution in [3.8, 4) is 11.1 Å². The maximum atomic E-state index is 13.0. The maximum absolute atomic E-state index is 13.0. The molecule has 2 heterocycles. The SMILES string of the molecule is Cc1ccc(C(=O)Nc2cccc(C(F)(F)F)c2)cc1-c1cnc(Nc2ccc(N3CCN(C)CC3)cc2)nc1. The molecule has 206 valence electrons. The zero-order valence-electron chi connectivity index (χ0n) is 22.2. The molecule has 1 saturated heterocycles. The highest BCUT2D eigenvalue weighted by atomic mass is 19.4. The molecular formula is C30H29F3N6O. The van der Waals surface area contributed by atoms with Crippen LogP contribution in [0.3, 0.4) is 0 Å². The molecule has 0 unspecified atom stereocenters. The molecule has 0 aliphatic carbocycles. The van der Waals surface area contributed by atoms with Crippen LogP contribution >= 0.6 is 0 Å². The number of alkyl halides is 3. The summed E-state index contributed by atoms with van der Waals surface area (Å²) in [5.74, 6) is -0.0769. The van der Waals surface area contributed by atoms with Crippen molar-refractivity contribution >= 4 is 28.9 Å². The van der Waals surface area contributed by atoms with Crippen molar-refractivity contribution in [2.75, 3.05) is 48.8 Å². The van der Waals surface area contributed by atoms with Crippen molar-refractivity contribution in [2.24, 2.45) is 0 Å². The molecule has 0 saturated carbocycles. The van der Waals surface area contributed by atoms with Gasteiger partial charge in [-0.15, -0.1) is 0 Å². The van der Waals surface area contributed by atoms with Crippen molar-refractivity contribution in [3.63, 3.8) is 0 Å². The van der Waals surface area contributed by atoms with E-state index in [4.69, 9.17) is 0 Å². The van der Waals surface area contributed by atoms with Crippen molar-refractivity contribution in [3.05, 3.63) is 95.8 Å². The molecule has 2 N–H and O–H groups in total. The highest BCUT2D eigenvalue weighted by molar-refractivity contribution is 6.05. The summed E-state index contributed by atoms with van der Waals surface area (Å²) in [7, 11) is 2.13. The number of aromatic nitrogens is 2. The molecule has 7 nitrogen and oxygen atoms in total. The van der Waals surface area contributed by atoms with Crippen LogP contribution in [0.1, 0.15) is 21.5 Å². The summed E-state index contributed by atoms with van der Waals surface area (Å²) in [6.07, 6.45) is -1.15. The molecule has 0 radical (unpaired) electrons. The van der Waals surface area contributed by atoms with Crippen LogP contribution in [0.4, 0.5) is 36.2 Å². The number of benzene rings is 3. The van der Waals surface area contributed by atoms with E-state index in [2.05, 4.69) is 49.6 Å². The Bertz CT molecular complexity index is 1480. The average Bonchev–Trinajstić information content (AvgIpc) is 2.94. The summed E-state index contributed by atoms with van der Waals surface area (Å²) in [5.41, 5.74) is 3.96. The zero-order chi connectivity index (χ0) is 28.3. The molecule has 10 heteroatoms. The Morgan fingerprint density at radius 2 is 1.57 bits per heavy atom. The zero-order valence-corrected chi connectivity index (χ0v) is 22.2. The first-order valence-electron chi connectivity index (χ1n) is 12.9. The largest absolute Gasteiger partial charge is 0.416 e. The van der Waals surface area contributed by atoms with Gasteiger partial charge >= 0.3 is 6.18 Å². The minimum Gasteiger partial charge on any atom is -0.369 e. The lowest BCUT2D eigenvalue weighted by atomic mass is 10.00. The van der Waals surface area contributed by atoms with Gasteiger partial charge in [-0.1, -0.05) is 12.1 Å². The molecule has 1 amide bonds. The van der Waals surface area contributed by atoms with Crippen LogP contribution in [0.5, 0.6) is 0 Å². The second-order valence-corrected chi connectivity index (χ2v) is 9.82. The van der Waals surface area contributed by atoms with Crippen LogP contribution in [0.2, 0.25) is 0 Å². The Morgan fingerprint density at radius 3 is 2.25 bits per heavy atom. The quantitative estimate of drug-likeness (QED) is 0.299. The minimum atomic E-state index is -4.49. The summed E-state index contributed by atoms with van der Waals surface area (Å²) < 4.78 is 39.1. The van der Waals surface area contributed by atoms with Gasteiger partial charge in [-0.3, -0.25) is 4.79 Å². The lowest BCUT2D eigenvalue weighted by Crippen LogP contribution is -2.44. The van der Waals surface area contributed by atoms with E-state index in [1.54, 1.807) is 30.6 Å². The fourth-order valence-electron chi connectivity index (χ4n) is 4.53. The van der Waals surface area contributed by atoms with Crippen molar-refractivity contribution in [1.82, 2.24) is 14.9 Å². The smallest absolute Gasteiger partial charge is 0.369 e. The molecule has 1 fully saturated rings. The first-order chi connectivity index (χ1) is 19.2. The highest BCUT2D eigenvalue weighted by Crippen LogP contribution is 2.31. The van der Waals surface area contributed by atoms with Crippen LogP contribution in [0, 0.1) is 6.92 Å². The van der Waals surface area contributed by atoms with E-state index < -0.39 is 17.6 Å². The summed E-state index contributed by atoms with van der Waals surface area (Å²) in [4.78, 5) is 26.4. The van der Waals surface area contributed by atoms with Crippen LogP contribution in [-0.2, 0) is 6.18 Å². The third-order valence-electron chi connectivity index (χ3n) is 6.90. The predicted molar refractivity (Wildman–Crippen MR) is 151 cm³/mol. The number of hydrogen-bond acceptors (Lipinski definition) is 6. The summed E-state index contributed by atoms with van der Waals surface area (Å²) in [6.45, 7) is 5.99. The van der Waals surface area contributed by atoms with Gasteiger partial charge in [-0.2, -0.15) is 13.2 Å². The average molecular weight is 547 g/mol. The van der Waals surface area contributed by atoms with Gasteiger partial charge in [0, 0.05) is 66.8 Å². The lowest BCUT2D eigenvalue weighted by molar-refractivity contribution is -0.137. The third kappa shape index (κ3) is 6.40. The molecule has 40 heavy (non-hydrogen) atoms. The normalized spacial score (nSPS) is 14.2. The molecule has 5 rings (SSSR count). The predicted octanol–water partition coefficient (Wildman–Crippen LogP) is 6.22. The second-order valence-electron chi connectivity index (χ2n) is 9.82. The second kappa shape index (κ2) is 11.4. The van der Waals surface area contributed by atoms with Crippen LogP contribution in [-0.4, -0.2) is 54.0 Å². The van der Waals surface area contributed by atoms with E-state index in [0.29, 0.717) is 17.1 Å². The molecule has 0 atom stereocenters. The Balaban J connectivity index is 1.26. The van der Waals surface area contributed by atoms with E-state index in [1.807, 2.05) is 19.1 Å². The van der Waals surface area contributed by atoms with Gasteiger partial charge in [0.15, 0.2) is 0 Å². The Labute approximate surface area is 230 Å². The maximum Gasteiger partial charge on any atom is 0.416 e. The lowest BCUT2D eigenvalue weighted by Gasteiger charge is -2.34. The monoisotopic (exact) mass is 546 g/mol. The van der Waals surface area contributed by atoms with E-state index in [0.717, 1.165) is 55.1 Å². The topological polar surface area (TPSA) is 73.4 Å². The molecule has 0 spiro atoms. The van der Waals surface area contributed by atoms with Gasteiger partial charge in [0.25, 0.3) is 5.91 Å². The molecule has 1 aliphatic rings. The summed E-state index contributed by atoms with van der Waals surface area (Å²) >= 11 is 0. The first-order valence-corrected chi connectivity index (χ1v) is 12.9. The van der Waals surface area contributed by atoms with Gasteiger partial charge in [-0.25, -0.2) is 9.97 Å². The molecule has 4 aromatic rings. The number of halogens is 3. The Kier molecular flexibility index (Phi) is 7.70. The number of likely N-dealkylation sites (N-methyl/N-ethyl adjacent to an activating group) is 1. The van der Waals surface area contributed by atoms with E-state index in [-0.39, 0.29) is 5.69 Å². The fraction of sp³-hybridized carbons (Fsp3) is 0.233. The summed E-state index contributed by atoms with van der Waals surface area (Å²) in [5, 5.41) is 5.76. The standard InChI is InChI=1S/C30H29F3N6O/c1-20-6-7-21(28(40)36-25-5-3-4-23(17-25)30(31,32)33)16-27(20)22-18-34-29(35-19-22)37-24-8-10-26(11-9-24)39-14-12-38(2)13-15-39/h3-11,16-19H,12-15H2,1-2H3,(H,36,40)(H,34,35,37). The number of amides is 1. The van der Waals surface area contributed by atoms with E-state index in [1.165, 1.54) is 17.8 Å². The van der Waals surface area contributed by atoms with Crippen molar-refractivity contribution in [1.29, 1.82) is 0 Å². The first kappa shape index (κ1) is 27.1. The van der Waals surface area contributed by atoms with Crippen LogP contribution in [0.15, 0.2) is 79.1 Å². The number of anilines is 4. The van der Waals surface area contributed by atoms with Crippen LogP contribution in [0.25, 0.3) is 11.1 Å². The third-order valence-corrected chi connectivity index (χ3v) is 6.90. The van der Waals surface area contributed by atoms with Gasteiger partial charge in [0.05, 0.1) is 5.56 Å². The molecule has 0 bridgehead atoms. The van der Waals surface area contributed by atoms with Crippen molar-refractivity contribution < 1.29 is 18.0 Å².